The largest absolute Gasteiger partial charge is 0.497 e. The van der Waals surface area contributed by atoms with Gasteiger partial charge in [-0.1, -0.05) is 30.3 Å². The smallest absolute Gasteiger partial charge is 0.191 e. The quantitative estimate of drug-likeness (QED) is 0.475. The molecule has 31 heavy (non-hydrogen) atoms. The van der Waals surface area contributed by atoms with Gasteiger partial charge in [0.05, 0.1) is 20.8 Å². The molecule has 2 aromatic carbocycles. The zero-order valence-electron chi connectivity index (χ0n) is 18.9. The fourth-order valence-corrected chi connectivity index (χ4v) is 4.04. The molecule has 2 N–H and O–H groups in total. The minimum atomic E-state index is -0.0183. The van der Waals surface area contributed by atoms with Gasteiger partial charge in [-0.15, -0.1) is 0 Å². The van der Waals surface area contributed by atoms with Crippen LogP contribution < -0.4 is 20.1 Å². The number of aliphatic imine (C=N–C) groups is 1. The summed E-state index contributed by atoms with van der Waals surface area (Å²) in [6, 6.07) is 16.5. The normalized spacial score (nSPS) is 15.9. The Kier molecular flexibility index (Phi) is 8.59. The van der Waals surface area contributed by atoms with E-state index < -0.39 is 0 Å². The maximum Gasteiger partial charge on any atom is 0.191 e. The van der Waals surface area contributed by atoms with Crippen molar-refractivity contribution in [1.29, 1.82) is 0 Å². The van der Waals surface area contributed by atoms with Gasteiger partial charge in [-0.2, -0.15) is 0 Å². The average molecular weight is 426 g/mol. The van der Waals surface area contributed by atoms with Gasteiger partial charge in [0, 0.05) is 31.7 Å². The van der Waals surface area contributed by atoms with Gasteiger partial charge in [0.25, 0.3) is 0 Å². The number of benzene rings is 2. The van der Waals surface area contributed by atoms with Crippen molar-refractivity contribution in [2.75, 3.05) is 47.1 Å². The lowest BCUT2D eigenvalue weighted by molar-refractivity contribution is 0.0531. The van der Waals surface area contributed by atoms with Crippen molar-refractivity contribution in [3.63, 3.8) is 0 Å². The Morgan fingerprint density at radius 1 is 1.00 bits per heavy atom. The molecular weight excluding hydrogens is 390 g/mol. The predicted octanol–water partition coefficient (Wildman–Crippen LogP) is 3.55. The molecule has 6 heteroatoms. The molecule has 1 fully saturated rings. The Morgan fingerprint density at radius 3 is 2.42 bits per heavy atom. The average Bonchev–Trinajstić information content (AvgIpc) is 2.83. The van der Waals surface area contributed by atoms with E-state index in [1.54, 1.807) is 14.2 Å². The second-order valence-electron chi connectivity index (χ2n) is 7.80. The Hall–Kier alpha value is -2.73. The van der Waals surface area contributed by atoms with Gasteiger partial charge in [0.2, 0.25) is 0 Å². The SMILES string of the molecule is CCNC(=NCC1(c2ccc(OC)cc2)CCOCC1)NCCc1ccccc1OC. The topological polar surface area (TPSA) is 64.1 Å². The molecular formula is C25H35N3O3. The third-order valence-corrected chi connectivity index (χ3v) is 5.92. The number of hydrogen-bond donors (Lipinski definition) is 2. The van der Waals surface area contributed by atoms with Gasteiger partial charge in [-0.25, -0.2) is 0 Å². The van der Waals surface area contributed by atoms with E-state index in [9.17, 15) is 0 Å². The van der Waals surface area contributed by atoms with Gasteiger partial charge in [-0.3, -0.25) is 4.99 Å². The Labute approximate surface area is 186 Å². The number of methoxy groups -OCH3 is 2. The van der Waals surface area contributed by atoms with Gasteiger partial charge in [-0.05, 0) is 55.5 Å². The van der Waals surface area contributed by atoms with Crippen molar-refractivity contribution in [3.05, 3.63) is 59.7 Å². The third-order valence-electron chi connectivity index (χ3n) is 5.92. The van der Waals surface area contributed by atoms with Crippen molar-refractivity contribution in [3.8, 4) is 11.5 Å². The van der Waals surface area contributed by atoms with Crippen LogP contribution in [0.15, 0.2) is 53.5 Å². The van der Waals surface area contributed by atoms with Crippen LogP contribution in [-0.2, 0) is 16.6 Å². The molecule has 6 nitrogen and oxygen atoms in total. The van der Waals surface area contributed by atoms with Gasteiger partial charge < -0.3 is 24.8 Å². The minimum absolute atomic E-state index is 0.0183. The molecule has 0 unspecified atom stereocenters. The first-order chi connectivity index (χ1) is 15.2. The van der Waals surface area contributed by atoms with Crippen LogP contribution in [-0.4, -0.2) is 53.0 Å². The number of ether oxygens (including phenoxy) is 3. The van der Waals surface area contributed by atoms with Crippen LogP contribution in [0.3, 0.4) is 0 Å². The van der Waals surface area contributed by atoms with Gasteiger partial charge in [0.15, 0.2) is 5.96 Å². The van der Waals surface area contributed by atoms with E-state index >= 15 is 0 Å². The van der Waals surface area contributed by atoms with E-state index in [0.717, 1.165) is 63.0 Å². The number of para-hydroxylation sites is 1. The fourth-order valence-electron chi connectivity index (χ4n) is 4.04. The molecule has 0 atom stereocenters. The zero-order valence-corrected chi connectivity index (χ0v) is 18.9. The Morgan fingerprint density at radius 2 is 1.74 bits per heavy atom. The summed E-state index contributed by atoms with van der Waals surface area (Å²) in [6.45, 7) is 5.93. The van der Waals surface area contributed by atoms with Gasteiger partial charge >= 0.3 is 0 Å². The molecule has 2 aromatic rings. The van der Waals surface area contributed by atoms with Crippen LogP contribution in [0.2, 0.25) is 0 Å². The highest BCUT2D eigenvalue weighted by molar-refractivity contribution is 5.79. The van der Waals surface area contributed by atoms with Crippen LogP contribution >= 0.6 is 0 Å². The Balaban J connectivity index is 1.69. The maximum atomic E-state index is 5.66. The summed E-state index contributed by atoms with van der Waals surface area (Å²) in [5.74, 6) is 2.64. The standard InChI is InChI=1S/C25H35N3O3/c1-4-26-24(27-16-13-20-7-5-6-8-23(20)30-3)28-19-25(14-17-31-18-15-25)21-9-11-22(29-2)12-10-21/h5-12H,4,13-19H2,1-3H3,(H2,26,27,28). The third kappa shape index (κ3) is 6.14. The highest BCUT2D eigenvalue weighted by atomic mass is 16.5. The number of nitrogens with one attached hydrogen (secondary N) is 2. The molecule has 1 heterocycles. The molecule has 1 aliphatic heterocycles. The molecule has 1 saturated heterocycles. The summed E-state index contributed by atoms with van der Waals surface area (Å²) in [5.41, 5.74) is 2.47. The van der Waals surface area contributed by atoms with Crippen molar-refractivity contribution in [2.24, 2.45) is 4.99 Å². The van der Waals surface area contributed by atoms with E-state index in [2.05, 4.69) is 35.8 Å². The predicted molar refractivity (Wildman–Crippen MR) is 125 cm³/mol. The monoisotopic (exact) mass is 425 g/mol. The van der Waals surface area contributed by atoms with Crippen LogP contribution in [0.5, 0.6) is 11.5 Å². The second kappa shape index (κ2) is 11.6. The Bertz CT molecular complexity index is 830. The summed E-state index contributed by atoms with van der Waals surface area (Å²) >= 11 is 0. The van der Waals surface area contributed by atoms with Crippen molar-refractivity contribution < 1.29 is 14.2 Å². The number of nitrogens with zero attached hydrogens (tertiary/aromatic N) is 1. The highest BCUT2D eigenvalue weighted by Crippen LogP contribution is 2.36. The molecule has 0 saturated carbocycles. The molecule has 0 aromatic heterocycles. The van der Waals surface area contributed by atoms with Crippen molar-refractivity contribution in [2.45, 2.75) is 31.6 Å². The molecule has 1 aliphatic rings. The first-order valence-electron chi connectivity index (χ1n) is 11.1. The fraction of sp³-hybridized carbons (Fsp3) is 0.480. The number of guanidine groups is 1. The maximum absolute atomic E-state index is 5.66. The molecule has 0 spiro atoms. The summed E-state index contributed by atoms with van der Waals surface area (Å²) in [7, 11) is 3.41. The van der Waals surface area contributed by atoms with E-state index in [4.69, 9.17) is 19.2 Å². The first kappa shape index (κ1) is 22.9. The summed E-state index contributed by atoms with van der Waals surface area (Å²) < 4.78 is 16.5. The highest BCUT2D eigenvalue weighted by Gasteiger charge is 2.34. The van der Waals surface area contributed by atoms with Crippen molar-refractivity contribution >= 4 is 5.96 Å². The lowest BCUT2D eigenvalue weighted by atomic mass is 9.74. The molecule has 0 amide bonds. The van der Waals surface area contributed by atoms with Crippen LogP contribution in [0.25, 0.3) is 0 Å². The number of hydrogen-bond acceptors (Lipinski definition) is 4. The summed E-state index contributed by atoms with van der Waals surface area (Å²) in [5, 5.41) is 6.86. The van der Waals surface area contributed by atoms with Crippen LogP contribution in [0.4, 0.5) is 0 Å². The molecule has 0 radical (unpaired) electrons. The zero-order chi connectivity index (χ0) is 21.9. The molecule has 3 rings (SSSR count). The van der Waals surface area contributed by atoms with E-state index in [1.165, 1.54) is 11.1 Å². The van der Waals surface area contributed by atoms with Crippen molar-refractivity contribution in [1.82, 2.24) is 10.6 Å². The number of rotatable bonds is 9. The first-order valence-corrected chi connectivity index (χ1v) is 11.1. The van der Waals surface area contributed by atoms with E-state index in [0.29, 0.717) is 6.54 Å². The van der Waals surface area contributed by atoms with Crippen LogP contribution in [0.1, 0.15) is 30.9 Å². The lowest BCUT2D eigenvalue weighted by Crippen LogP contribution is -2.41. The molecule has 168 valence electrons. The summed E-state index contributed by atoms with van der Waals surface area (Å²) in [6.07, 6.45) is 2.79. The minimum Gasteiger partial charge on any atom is -0.497 e. The second-order valence-corrected chi connectivity index (χ2v) is 7.80. The molecule has 0 bridgehead atoms. The molecule has 0 aliphatic carbocycles. The van der Waals surface area contributed by atoms with E-state index in [1.807, 2.05) is 30.3 Å². The summed E-state index contributed by atoms with van der Waals surface area (Å²) in [4.78, 5) is 4.98. The van der Waals surface area contributed by atoms with Crippen LogP contribution in [0, 0.1) is 0 Å². The lowest BCUT2D eigenvalue weighted by Gasteiger charge is -2.36. The van der Waals surface area contributed by atoms with E-state index in [-0.39, 0.29) is 5.41 Å². The van der Waals surface area contributed by atoms with Gasteiger partial charge in [0.1, 0.15) is 11.5 Å².